The van der Waals surface area contributed by atoms with Crippen molar-refractivity contribution in [1.29, 1.82) is 0 Å². The van der Waals surface area contributed by atoms with E-state index in [0.29, 0.717) is 0 Å². The molecular weight excluding hydrogens is 172 g/mol. The Bertz CT molecular complexity index is 164. The molecule has 0 amide bonds. The summed E-state index contributed by atoms with van der Waals surface area (Å²) in [6.45, 7) is 6.09. The van der Waals surface area contributed by atoms with E-state index in [9.17, 15) is 0 Å². The Balaban J connectivity index is 1.83. The number of nitrogens with one attached hydrogen (secondary N) is 1. The summed E-state index contributed by atoms with van der Waals surface area (Å²) in [5.41, 5.74) is 0. The van der Waals surface area contributed by atoms with Crippen LogP contribution >= 0.6 is 0 Å². The fraction of sp³-hybridized carbons (Fsp3) is 1.00. The summed E-state index contributed by atoms with van der Waals surface area (Å²) in [5, 5.41) is 3.57. The van der Waals surface area contributed by atoms with E-state index in [1.165, 1.54) is 58.2 Å². The maximum Gasteiger partial charge on any atom is 0.0110 e. The van der Waals surface area contributed by atoms with Crippen LogP contribution in [0, 0.1) is 0 Å². The first kappa shape index (κ1) is 10.4. The van der Waals surface area contributed by atoms with Gasteiger partial charge in [-0.1, -0.05) is 19.3 Å². The third-order valence-electron chi connectivity index (χ3n) is 3.83. The third kappa shape index (κ3) is 2.71. The van der Waals surface area contributed by atoms with Crippen molar-refractivity contribution in [3.8, 4) is 0 Å². The second-order valence-electron chi connectivity index (χ2n) is 4.97. The van der Waals surface area contributed by atoms with Gasteiger partial charge in [0.1, 0.15) is 0 Å². The molecule has 1 saturated heterocycles. The Morgan fingerprint density at radius 1 is 1.00 bits per heavy atom. The summed E-state index contributed by atoms with van der Waals surface area (Å²) in [6.07, 6.45) is 8.63. The van der Waals surface area contributed by atoms with Gasteiger partial charge in [-0.2, -0.15) is 0 Å². The quantitative estimate of drug-likeness (QED) is 0.690. The lowest BCUT2D eigenvalue weighted by molar-refractivity contribution is 0.165. The predicted molar refractivity (Wildman–Crippen MR) is 60.5 cm³/mol. The van der Waals surface area contributed by atoms with Gasteiger partial charge in [-0.25, -0.2) is 0 Å². The van der Waals surface area contributed by atoms with Crippen LogP contribution in [-0.2, 0) is 0 Å². The summed E-state index contributed by atoms with van der Waals surface area (Å²) >= 11 is 0. The first-order chi connectivity index (χ1) is 6.86. The van der Waals surface area contributed by atoms with Gasteiger partial charge in [-0.05, 0) is 32.7 Å². The van der Waals surface area contributed by atoms with Crippen molar-refractivity contribution >= 4 is 0 Å². The normalized spacial score (nSPS) is 32.8. The Morgan fingerprint density at radius 2 is 1.79 bits per heavy atom. The second kappa shape index (κ2) is 5.13. The van der Waals surface area contributed by atoms with Gasteiger partial charge in [-0.15, -0.1) is 0 Å². The van der Waals surface area contributed by atoms with Crippen LogP contribution in [0.4, 0.5) is 0 Å². The SMILES string of the molecule is CC1CCN(C2CCCCC2)CCN1. The molecule has 0 aromatic rings. The average molecular weight is 196 g/mol. The molecule has 0 spiro atoms. The van der Waals surface area contributed by atoms with E-state index in [0.717, 1.165) is 12.1 Å². The molecule has 1 saturated carbocycles. The molecule has 82 valence electrons. The van der Waals surface area contributed by atoms with Crippen LogP contribution in [-0.4, -0.2) is 36.6 Å². The number of hydrogen-bond donors (Lipinski definition) is 1. The Hall–Kier alpha value is -0.0800. The van der Waals surface area contributed by atoms with Crippen molar-refractivity contribution in [2.45, 2.75) is 57.5 Å². The lowest BCUT2D eigenvalue weighted by Crippen LogP contribution is -2.39. The predicted octanol–water partition coefficient (Wildman–Crippen LogP) is 2.00. The molecule has 14 heavy (non-hydrogen) atoms. The van der Waals surface area contributed by atoms with Gasteiger partial charge in [-0.3, -0.25) is 4.90 Å². The van der Waals surface area contributed by atoms with E-state index in [4.69, 9.17) is 0 Å². The van der Waals surface area contributed by atoms with E-state index in [2.05, 4.69) is 17.1 Å². The van der Waals surface area contributed by atoms with Crippen LogP contribution in [0.5, 0.6) is 0 Å². The summed E-state index contributed by atoms with van der Waals surface area (Å²) in [4.78, 5) is 2.73. The van der Waals surface area contributed by atoms with Gasteiger partial charge in [0.25, 0.3) is 0 Å². The van der Waals surface area contributed by atoms with E-state index in [1.807, 2.05) is 0 Å². The first-order valence-corrected chi connectivity index (χ1v) is 6.33. The standard InChI is InChI=1S/C12H24N2/c1-11-7-9-14(10-8-13-11)12-5-3-2-4-6-12/h11-13H,2-10H2,1H3. The highest BCUT2D eigenvalue weighted by molar-refractivity contribution is 4.80. The molecule has 1 atom stereocenters. The average Bonchev–Trinajstić information content (AvgIpc) is 2.44. The van der Waals surface area contributed by atoms with Crippen LogP contribution in [0.1, 0.15) is 45.4 Å². The van der Waals surface area contributed by atoms with Gasteiger partial charge in [0.15, 0.2) is 0 Å². The van der Waals surface area contributed by atoms with E-state index < -0.39 is 0 Å². The fourth-order valence-corrected chi connectivity index (χ4v) is 2.84. The molecule has 1 aliphatic carbocycles. The van der Waals surface area contributed by atoms with Crippen LogP contribution in [0.3, 0.4) is 0 Å². The molecule has 0 aromatic carbocycles. The molecule has 2 fully saturated rings. The van der Waals surface area contributed by atoms with Crippen LogP contribution < -0.4 is 5.32 Å². The Morgan fingerprint density at radius 3 is 2.57 bits per heavy atom. The van der Waals surface area contributed by atoms with Crippen LogP contribution in [0.2, 0.25) is 0 Å². The van der Waals surface area contributed by atoms with Crippen molar-refractivity contribution in [2.24, 2.45) is 0 Å². The molecule has 0 bridgehead atoms. The van der Waals surface area contributed by atoms with E-state index >= 15 is 0 Å². The zero-order chi connectivity index (χ0) is 9.80. The number of nitrogens with zero attached hydrogens (tertiary/aromatic N) is 1. The zero-order valence-corrected chi connectivity index (χ0v) is 9.47. The van der Waals surface area contributed by atoms with Crippen molar-refractivity contribution < 1.29 is 0 Å². The lowest BCUT2D eigenvalue weighted by atomic mass is 9.94. The molecule has 2 heteroatoms. The molecule has 2 rings (SSSR count). The maximum absolute atomic E-state index is 3.57. The molecule has 2 nitrogen and oxygen atoms in total. The molecular formula is C12H24N2. The highest BCUT2D eigenvalue weighted by atomic mass is 15.2. The van der Waals surface area contributed by atoms with Gasteiger partial charge in [0.05, 0.1) is 0 Å². The smallest absolute Gasteiger partial charge is 0.0110 e. The first-order valence-electron chi connectivity index (χ1n) is 6.33. The highest BCUT2D eigenvalue weighted by Gasteiger charge is 2.22. The minimum absolute atomic E-state index is 0.726. The zero-order valence-electron chi connectivity index (χ0n) is 9.47. The van der Waals surface area contributed by atoms with Crippen molar-refractivity contribution in [3.05, 3.63) is 0 Å². The molecule has 1 heterocycles. The monoisotopic (exact) mass is 196 g/mol. The van der Waals surface area contributed by atoms with Gasteiger partial charge < -0.3 is 5.32 Å². The molecule has 1 aliphatic heterocycles. The van der Waals surface area contributed by atoms with Crippen LogP contribution in [0.15, 0.2) is 0 Å². The van der Waals surface area contributed by atoms with Gasteiger partial charge in [0.2, 0.25) is 0 Å². The minimum atomic E-state index is 0.726. The molecule has 2 aliphatic rings. The van der Waals surface area contributed by atoms with Crippen molar-refractivity contribution in [3.63, 3.8) is 0 Å². The summed E-state index contributed by atoms with van der Waals surface area (Å²) < 4.78 is 0. The number of rotatable bonds is 1. The topological polar surface area (TPSA) is 15.3 Å². The molecule has 0 radical (unpaired) electrons. The van der Waals surface area contributed by atoms with Crippen molar-refractivity contribution in [1.82, 2.24) is 10.2 Å². The van der Waals surface area contributed by atoms with Crippen LogP contribution in [0.25, 0.3) is 0 Å². The minimum Gasteiger partial charge on any atom is -0.313 e. The Kier molecular flexibility index (Phi) is 3.82. The maximum atomic E-state index is 3.57. The summed E-state index contributed by atoms with van der Waals surface area (Å²) in [6, 6.07) is 1.64. The van der Waals surface area contributed by atoms with Crippen molar-refractivity contribution in [2.75, 3.05) is 19.6 Å². The van der Waals surface area contributed by atoms with E-state index in [-0.39, 0.29) is 0 Å². The largest absolute Gasteiger partial charge is 0.313 e. The lowest BCUT2D eigenvalue weighted by Gasteiger charge is -2.33. The molecule has 1 N–H and O–H groups in total. The summed E-state index contributed by atoms with van der Waals surface area (Å²) in [5.74, 6) is 0. The highest BCUT2D eigenvalue weighted by Crippen LogP contribution is 2.23. The molecule has 0 aromatic heterocycles. The fourth-order valence-electron chi connectivity index (χ4n) is 2.84. The molecule has 1 unspecified atom stereocenters. The Labute approximate surface area is 88.1 Å². The number of hydrogen-bond acceptors (Lipinski definition) is 2. The second-order valence-corrected chi connectivity index (χ2v) is 4.97. The third-order valence-corrected chi connectivity index (χ3v) is 3.83. The van der Waals surface area contributed by atoms with Gasteiger partial charge in [0, 0.05) is 25.2 Å². The van der Waals surface area contributed by atoms with E-state index in [1.54, 1.807) is 0 Å². The summed E-state index contributed by atoms with van der Waals surface area (Å²) in [7, 11) is 0. The van der Waals surface area contributed by atoms with Gasteiger partial charge >= 0.3 is 0 Å².